The van der Waals surface area contributed by atoms with Gasteiger partial charge in [0.25, 0.3) is 5.69 Å². The van der Waals surface area contributed by atoms with E-state index in [1.54, 1.807) is 23.1 Å². The van der Waals surface area contributed by atoms with Crippen molar-refractivity contribution in [2.45, 2.75) is 25.8 Å². The van der Waals surface area contributed by atoms with Crippen LogP contribution in [0.2, 0.25) is 0 Å². The minimum Gasteiger partial charge on any atom is -0.468 e. The maximum atomic E-state index is 12.8. The van der Waals surface area contributed by atoms with Gasteiger partial charge in [-0.3, -0.25) is 19.7 Å². The highest BCUT2D eigenvalue weighted by Gasteiger charge is 2.28. The third-order valence-electron chi connectivity index (χ3n) is 5.50. The molecule has 1 unspecified atom stereocenters. The van der Waals surface area contributed by atoms with Crippen LogP contribution in [0.5, 0.6) is 0 Å². The van der Waals surface area contributed by atoms with E-state index in [0.717, 1.165) is 11.1 Å². The van der Waals surface area contributed by atoms with E-state index in [2.05, 4.69) is 5.32 Å². The quantitative estimate of drug-likeness (QED) is 0.322. The Hall–Kier alpha value is -3.52. The molecule has 1 saturated heterocycles. The maximum Gasteiger partial charge on any atom is 0.324 e. The van der Waals surface area contributed by atoms with Gasteiger partial charge < -0.3 is 15.0 Å². The van der Waals surface area contributed by atoms with Crippen LogP contribution in [-0.2, 0) is 14.3 Å². The number of amides is 1. The normalized spacial score (nSPS) is 16.4. The van der Waals surface area contributed by atoms with E-state index in [4.69, 9.17) is 4.74 Å². The van der Waals surface area contributed by atoms with Crippen molar-refractivity contribution in [3.63, 3.8) is 0 Å². The van der Waals surface area contributed by atoms with Crippen molar-refractivity contribution >= 4 is 23.6 Å². The summed E-state index contributed by atoms with van der Waals surface area (Å²) in [6.45, 7) is 5.20. The summed E-state index contributed by atoms with van der Waals surface area (Å²) >= 11 is 0. The van der Waals surface area contributed by atoms with Crippen molar-refractivity contribution < 1.29 is 19.2 Å². The Bertz CT molecular complexity index is 1050. The van der Waals surface area contributed by atoms with Crippen molar-refractivity contribution in [1.29, 1.82) is 0 Å². The molecule has 3 rings (SSSR count). The first kappa shape index (κ1) is 23.1. The molecule has 0 aliphatic carbocycles. The maximum absolute atomic E-state index is 12.8. The van der Waals surface area contributed by atoms with Gasteiger partial charge in [0.05, 0.1) is 17.6 Å². The Morgan fingerprint density at radius 3 is 2.66 bits per heavy atom. The number of methoxy groups -OCH3 is 1. The fourth-order valence-electron chi connectivity index (χ4n) is 3.89. The van der Waals surface area contributed by atoms with Crippen molar-refractivity contribution in [2.24, 2.45) is 0 Å². The van der Waals surface area contributed by atoms with Crippen molar-refractivity contribution in [1.82, 2.24) is 10.2 Å². The smallest absolute Gasteiger partial charge is 0.324 e. The second-order valence-electron chi connectivity index (χ2n) is 7.89. The average molecular weight is 437 g/mol. The van der Waals surface area contributed by atoms with Crippen LogP contribution in [-0.4, -0.2) is 54.5 Å². The number of esters is 1. The average Bonchev–Trinajstić information content (AvgIpc) is 2.81. The van der Waals surface area contributed by atoms with Crippen LogP contribution in [0.3, 0.4) is 0 Å². The van der Waals surface area contributed by atoms with E-state index in [9.17, 15) is 19.7 Å². The minimum absolute atomic E-state index is 0.0133. The number of piperazine rings is 1. The molecule has 8 heteroatoms. The van der Waals surface area contributed by atoms with Gasteiger partial charge >= 0.3 is 5.97 Å². The highest BCUT2D eigenvalue weighted by Crippen LogP contribution is 2.38. The summed E-state index contributed by atoms with van der Waals surface area (Å²) in [7, 11) is 1.31. The minimum atomic E-state index is -0.572. The second-order valence-corrected chi connectivity index (χ2v) is 7.89. The largest absolute Gasteiger partial charge is 0.468 e. The number of carbonyl (C=O) groups excluding carboxylic acids is 2. The highest BCUT2D eigenvalue weighted by molar-refractivity contribution is 5.95. The first-order valence-corrected chi connectivity index (χ1v) is 10.5. The number of nitrogens with zero attached hydrogens (tertiary/aromatic N) is 2. The van der Waals surface area contributed by atoms with E-state index >= 15 is 0 Å². The van der Waals surface area contributed by atoms with Gasteiger partial charge in [0.1, 0.15) is 6.04 Å². The summed E-state index contributed by atoms with van der Waals surface area (Å²) < 4.78 is 4.76. The number of nitro groups is 1. The van der Waals surface area contributed by atoms with Crippen molar-refractivity contribution in [3.05, 3.63) is 69.8 Å². The first-order chi connectivity index (χ1) is 15.3. The number of ether oxygens (including phenoxy) is 1. The predicted molar refractivity (Wildman–Crippen MR) is 122 cm³/mol. The molecule has 32 heavy (non-hydrogen) atoms. The standard InChI is InChI=1S/C24H27N3O5/c1-16(2)18-8-4-5-9-19(18)23-17(7-6-10-21(23)27(30)31)11-12-22(28)26-14-13-25-20(15-26)24(29)32-3/h4-12,16,20,25H,13-15H2,1-3H3/b12-11+. The Morgan fingerprint density at radius 1 is 1.22 bits per heavy atom. The van der Waals surface area contributed by atoms with E-state index in [-0.39, 0.29) is 24.1 Å². The number of hydrogen-bond donors (Lipinski definition) is 1. The fraction of sp³-hybridized carbons (Fsp3) is 0.333. The molecule has 1 aliphatic heterocycles. The molecule has 2 aromatic carbocycles. The molecule has 0 saturated carbocycles. The van der Waals surface area contributed by atoms with Crippen molar-refractivity contribution in [2.75, 3.05) is 26.7 Å². The lowest BCUT2D eigenvalue weighted by Gasteiger charge is -2.31. The van der Waals surface area contributed by atoms with Crippen LogP contribution in [0, 0.1) is 10.1 Å². The summed E-state index contributed by atoms with van der Waals surface area (Å²) in [4.78, 5) is 37.6. The van der Waals surface area contributed by atoms with Crippen LogP contribution in [0.25, 0.3) is 17.2 Å². The number of rotatable bonds is 6. The topological polar surface area (TPSA) is 102 Å². The molecule has 1 aliphatic rings. The van der Waals surface area contributed by atoms with E-state index in [1.807, 2.05) is 38.1 Å². The SMILES string of the molecule is COC(=O)C1CN(C(=O)/C=C/c2cccc([N+](=O)[O-])c2-c2ccccc2C(C)C)CCN1. The zero-order valence-electron chi connectivity index (χ0n) is 18.4. The third-order valence-corrected chi connectivity index (χ3v) is 5.50. The van der Waals surface area contributed by atoms with Crippen LogP contribution >= 0.6 is 0 Å². The van der Waals surface area contributed by atoms with Gasteiger partial charge in [0, 0.05) is 31.8 Å². The molecular formula is C24H27N3O5. The van der Waals surface area contributed by atoms with Gasteiger partial charge in [-0.15, -0.1) is 0 Å². The van der Waals surface area contributed by atoms with Gasteiger partial charge in [-0.25, -0.2) is 0 Å². The van der Waals surface area contributed by atoms with E-state index < -0.39 is 16.9 Å². The lowest BCUT2D eigenvalue weighted by molar-refractivity contribution is -0.384. The predicted octanol–water partition coefficient (Wildman–Crippen LogP) is 3.37. The number of carbonyl (C=O) groups is 2. The molecule has 1 N–H and O–H groups in total. The molecule has 8 nitrogen and oxygen atoms in total. The Morgan fingerprint density at radius 2 is 1.97 bits per heavy atom. The van der Waals surface area contributed by atoms with Gasteiger partial charge in [0.15, 0.2) is 0 Å². The molecule has 2 aromatic rings. The number of nitrogens with one attached hydrogen (secondary N) is 1. The number of hydrogen-bond acceptors (Lipinski definition) is 6. The lowest BCUT2D eigenvalue weighted by atomic mass is 9.89. The Labute approximate surface area is 187 Å². The van der Waals surface area contributed by atoms with Crippen molar-refractivity contribution in [3.8, 4) is 11.1 Å². The highest BCUT2D eigenvalue weighted by atomic mass is 16.6. The number of benzene rings is 2. The van der Waals surface area contributed by atoms with Gasteiger partial charge in [-0.2, -0.15) is 0 Å². The molecule has 0 radical (unpaired) electrons. The fourth-order valence-corrected chi connectivity index (χ4v) is 3.89. The van der Waals surface area contributed by atoms with Gasteiger partial charge in [-0.05, 0) is 28.7 Å². The molecular weight excluding hydrogens is 410 g/mol. The molecule has 1 fully saturated rings. The summed E-state index contributed by atoms with van der Waals surface area (Å²) in [5, 5.41) is 14.8. The first-order valence-electron chi connectivity index (χ1n) is 10.5. The summed E-state index contributed by atoms with van der Waals surface area (Å²) in [5.74, 6) is -0.520. The second kappa shape index (κ2) is 10.2. The molecule has 168 valence electrons. The summed E-state index contributed by atoms with van der Waals surface area (Å²) in [5.41, 5.74) is 2.82. The molecule has 1 amide bonds. The molecule has 1 heterocycles. The van der Waals surface area contributed by atoms with Gasteiger partial charge in [-0.1, -0.05) is 50.2 Å². The van der Waals surface area contributed by atoms with Crippen LogP contribution in [0.4, 0.5) is 5.69 Å². The van der Waals surface area contributed by atoms with Crippen LogP contribution < -0.4 is 5.32 Å². The Balaban J connectivity index is 1.96. The molecule has 0 aromatic heterocycles. The zero-order chi connectivity index (χ0) is 23.3. The van der Waals surface area contributed by atoms with Crippen LogP contribution in [0.15, 0.2) is 48.5 Å². The van der Waals surface area contributed by atoms with Gasteiger partial charge in [0.2, 0.25) is 5.91 Å². The lowest BCUT2D eigenvalue weighted by Crippen LogP contribution is -2.55. The zero-order valence-corrected chi connectivity index (χ0v) is 18.4. The molecule has 0 bridgehead atoms. The number of nitro benzene ring substituents is 1. The summed E-state index contributed by atoms with van der Waals surface area (Å²) in [6.07, 6.45) is 3.01. The third kappa shape index (κ3) is 5.03. The van der Waals surface area contributed by atoms with Crippen LogP contribution in [0.1, 0.15) is 30.9 Å². The Kier molecular flexibility index (Phi) is 7.37. The molecule has 0 spiro atoms. The van der Waals surface area contributed by atoms with E-state index in [1.165, 1.54) is 19.3 Å². The molecule has 1 atom stereocenters. The monoisotopic (exact) mass is 437 g/mol. The summed E-state index contributed by atoms with van der Waals surface area (Å²) in [6, 6.07) is 11.9. The van der Waals surface area contributed by atoms with E-state index in [0.29, 0.717) is 24.2 Å².